The fourth-order valence-electron chi connectivity index (χ4n) is 1.96. The molecule has 0 amide bonds. The third-order valence-corrected chi connectivity index (χ3v) is 3.25. The molecule has 1 aliphatic rings. The highest BCUT2D eigenvalue weighted by molar-refractivity contribution is 5.73. The molecule has 1 fully saturated rings. The molecule has 3 heteroatoms. The summed E-state index contributed by atoms with van der Waals surface area (Å²) in [6.45, 7) is 0.627. The molecule has 0 spiro atoms. The SMILES string of the molecule is O=C(O)C(CCC1CC1)NCc1ccccc1. The molecule has 0 heterocycles. The Morgan fingerprint density at radius 2 is 2.06 bits per heavy atom. The van der Waals surface area contributed by atoms with Crippen LogP contribution in [0.4, 0.5) is 0 Å². The number of carboxylic acids is 1. The number of hydrogen-bond donors (Lipinski definition) is 2. The molecular weight excluding hydrogens is 214 g/mol. The fourth-order valence-corrected chi connectivity index (χ4v) is 1.96. The Labute approximate surface area is 102 Å². The highest BCUT2D eigenvalue weighted by atomic mass is 16.4. The molecule has 0 aliphatic heterocycles. The van der Waals surface area contributed by atoms with Gasteiger partial charge in [0.15, 0.2) is 0 Å². The maximum atomic E-state index is 11.1. The second-order valence-corrected chi connectivity index (χ2v) is 4.78. The zero-order valence-electron chi connectivity index (χ0n) is 9.93. The number of hydrogen-bond acceptors (Lipinski definition) is 2. The van der Waals surface area contributed by atoms with Crippen LogP contribution in [0.25, 0.3) is 0 Å². The summed E-state index contributed by atoms with van der Waals surface area (Å²) >= 11 is 0. The van der Waals surface area contributed by atoms with Gasteiger partial charge in [-0.05, 0) is 24.3 Å². The molecule has 92 valence electrons. The van der Waals surface area contributed by atoms with E-state index in [9.17, 15) is 4.79 Å². The van der Waals surface area contributed by atoms with Crippen LogP contribution in [0.5, 0.6) is 0 Å². The standard InChI is InChI=1S/C14H19NO2/c16-14(17)13(9-8-11-6-7-11)15-10-12-4-2-1-3-5-12/h1-5,11,13,15H,6-10H2,(H,16,17). The first-order valence-electron chi connectivity index (χ1n) is 6.26. The summed E-state index contributed by atoms with van der Waals surface area (Å²) in [4.78, 5) is 11.1. The van der Waals surface area contributed by atoms with Gasteiger partial charge >= 0.3 is 5.97 Å². The molecule has 0 aromatic heterocycles. The van der Waals surface area contributed by atoms with Gasteiger partial charge in [0.2, 0.25) is 0 Å². The van der Waals surface area contributed by atoms with Crippen molar-refractivity contribution in [3.63, 3.8) is 0 Å². The van der Waals surface area contributed by atoms with E-state index < -0.39 is 12.0 Å². The molecule has 3 nitrogen and oxygen atoms in total. The number of rotatable bonds is 7. The lowest BCUT2D eigenvalue weighted by Crippen LogP contribution is -2.36. The second kappa shape index (κ2) is 5.82. The summed E-state index contributed by atoms with van der Waals surface area (Å²) < 4.78 is 0. The molecule has 1 atom stereocenters. The van der Waals surface area contributed by atoms with E-state index in [1.165, 1.54) is 12.8 Å². The van der Waals surface area contributed by atoms with Crippen molar-refractivity contribution in [2.24, 2.45) is 5.92 Å². The van der Waals surface area contributed by atoms with E-state index in [-0.39, 0.29) is 0 Å². The average molecular weight is 233 g/mol. The molecule has 1 aromatic rings. The molecule has 2 N–H and O–H groups in total. The molecule has 1 aromatic carbocycles. The number of nitrogens with one attached hydrogen (secondary N) is 1. The van der Waals surface area contributed by atoms with Crippen LogP contribution in [0.15, 0.2) is 30.3 Å². The van der Waals surface area contributed by atoms with Crippen molar-refractivity contribution in [1.29, 1.82) is 0 Å². The van der Waals surface area contributed by atoms with Crippen LogP contribution in [-0.4, -0.2) is 17.1 Å². The van der Waals surface area contributed by atoms with Crippen molar-refractivity contribution in [2.75, 3.05) is 0 Å². The van der Waals surface area contributed by atoms with Gasteiger partial charge in [-0.15, -0.1) is 0 Å². The maximum absolute atomic E-state index is 11.1. The number of aliphatic carboxylic acids is 1. The van der Waals surface area contributed by atoms with Crippen LogP contribution in [0.3, 0.4) is 0 Å². The Balaban J connectivity index is 1.78. The monoisotopic (exact) mass is 233 g/mol. The van der Waals surface area contributed by atoms with Crippen LogP contribution in [0.2, 0.25) is 0 Å². The van der Waals surface area contributed by atoms with Gasteiger partial charge in [0.1, 0.15) is 6.04 Å². The lowest BCUT2D eigenvalue weighted by atomic mass is 10.1. The van der Waals surface area contributed by atoms with Gasteiger partial charge in [-0.2, -0.15) is 0 Å². The lowest BCUT2D eigenvalue weighted by molar-refractivity contribution is -0.139. The molecule has 2 rings (SSSR count). The molecule has 0 saturated heterocycles. The Bertz CT molecular complexity index is 360. The molecular formula is C14H19NO2. The zero-order valence-corrected chi connectivity index (χ0v) is 9.93. The van der Waals surface area contributed by atoms with Crippen LogP contribution in [0, 0.1) is 5.92 Å². The third kappa shape index (κ3) is 4.19. The molecule has 0 bridgehead atoms. The van der Waals surface area contributed by atoms with Crippen molar-refractivity contribution in [3.8, 4) is 0 Å². The van der Waals surface area contributed by atoms with Crippen LogP contribution < -0.4 is 5.32 Å². The molecule has 1 aliphatic carbocycles. The first-order valence-corrected chi connectivity index (χ1v) is 6.26. The predicted octanol–water partition coefficient (Wildman–Crippen LogP) is 2.42. The van der Waals surface area contributed by atoms with Gasteiger partial charge < -0.3 is 10.4 Å². The Kier molecular flexibility index (Phi) is 4.15. The Hall–Kier alpha value is -1.35. The predicted molar refractivity (Wildman–Crippen MR) is 66.7 cm³/mol. The minimum absolute atomic E-state index is 0.407. The largest absolute Gasteiger partial charge is 0.480 e. The van der Waals surface area contributed by atoms with Gasteiger partial charge in [-0.1, -0.05) is 43.2 Å². The summed E-state index contributed by atoms with van der Waals surface area (Å²) in [6.07, 6.45) is 4.35. The maximum Gasteiger partial charge on any atom is 0.320 e. The number of carboxylic acid groups (broad SMARTS) is 1. The topological polar surface area (TPSA) is 49.3 Å². The lowest BCUT2D eigenvalue weighted by Gasteiger charge is -2.14. The van der Waals surface area contributed by atoms with Crippen molar-refractivity contribution < 1.29 is 9.90 Å². The third-order valence-electron chi connectivity index (χ3n) is 3.25. The van der Waals surface area contributed by atoms with Gasteiger partial charge in [0.25, 0.3) is 0 Å². The first kappa shape index (κ1) is 12.1. The van der Waals surface area contributed by atoms with Crippen molar-refractivity contribution in [3.05, 3.63) is 35.9 Å². The van der Waals surface area contributed by atoms with E-state index in [0.29, 0.717) is 6.54 Å². The Morgan fingerprint density at radius 1 is 1.35 bits per heavy atom. The van der Waals surface area contributed by atoms with Crippen LogP contribution in [-0.2, 0) is 11.3 Å². The van der Waals surface area contributed by atoms with Gasteiger partial charge in [-0.25, -0.2) is 0 Å². The molecule has 17 heavy (non-hydrogen) atoms. The van der Waals surface area contributed by atoms with E-state index >= 15 is 0 Å². The molecule has 0 radical (unpaired) electrons. The molecule has 1 unspecified atom stereocenters. The van der Waals surface area contributed by atoms with E-state index in [4.69, 9.17) is 5.11 Å². The van der Waals surface area contributed by atoms with Crippen LogP contribution in [0.1, 0.15) is 31.2 Å². The smallest absolute Gasteiger partial charge is 0.320 e. The van der Waals surface area contributed by atoms with Gasteiger partial charge in [-0.3, -0.25) is 4.79 Å². The summed E-state index contributed by atoms with van der Waals surface area (Å²) in [6, 6.07) is 9.51. The normalized spacial score (nSPS) is 16.7. The van der Waals surface area contributed by atoms with E-state index in [1.807, 2.05) is 30.3 Å². The summed E-state index contributed by atoms with van der Waals surface area (Å²) in [5.41, 5.74) is 1.13. The summed E-state index contributed by atoms with van der Waals surface area (Å²) in [7, 11) is 0. The highest BCUT2D eigenvalue weighted by Gasteiger charge is 2.24. The van der Waals surface area contributed by atoms with E-state index in [2.05, 4.69) is 5.32 Å². The fraction of sp³-hybridized carbons (Fsp3) is 0.500. The highest BCUT2D eigenvalue weighted by Crippen LogP contribution is 2.33. The van der Waals surface area contributed by atoms with Gasteiger partial charge in [0, 0.05) is 6.54 Å². The summed E-state index contributed by atoms with van der Waals surface area (Å²) in [5.74, 6) is 0.0527. The first-order chi connectivity index (χ1) is 8.25. The molecule has 1 saturated carbocycles. The minimum Gasteiger partial charge on any atom is -0.480 e. The minimum atomic E-state index is -0.735. The Morgan fingerprint density at radius 3 is 2.65 bits per heavy atom. The second-order valence-electron chi connectivity index (χ2n) is 4.78. The average Bonchev–Trinajstić information content (AvgIpc) is 3.14. The van der Waals surface area contributed by atoms with Crippen molar-refractivity contribution in [2.45, 2.75) is 38.3 Å². The number of benzene rings is 1. The summed E-state index contributed by atoms with van der Waals surface area (Å²) in [5, 5.41) is 12.2. The number of carbonyl (C=O) groups is 1. The van der Waals surface area contributed by atoms with E-state index in [1.54, 1.807) is 0 Å². The zero-order chi connectivity index (χ0) is 12.1. The quantitative estimate of drug-likeness (QED) is 0.760. The van der Waals surface area contributed by atoms with Crippen LogP contribution >= 0.6 is 0 Å². The van der Waals surface area contributed by atoms with Gasteiger partial charge in [0.05, 0.1) is 0 Å². The van der Waals surface area contributed by atoms with Crippen molar-refractivity contribution in [1.82, 2.24) is 5.32 Å². The van der Waals surface area contributed by atoms with E-state index in [0.717, 1.165) is 24.3 Å². The van der Waals surface area contributed by atoms with Crippen molar-refractivity contribution >= 4 is 5.97 Å².